The molecular formula is C83H108F2N12O10. The molecule has 3 saturated heterocycles. The monoisotopic (exact) mass is 1470 g/mol. The largest absolute Gasteiger partial charge is 0.447 e. The number of rotatable bonds is 16. The number of hydrogen-bond donors (Lipinski definition) is 0. The van der Waals surface area contributed by atoms with Gasteiger partial charge in [-0.15, -0.1) is 0 Å². The number of aromatic nitrogens is 6. The van der Waals surface area contributed by atoms with Crippen molar-refractivity contribution in [1.29, 1.82) is 0 Å². The molecule has 574 valence electrons. The first-order chi connectivity index (χ1) is 50.1. The van der Waals surface area contributed by atoms with E-state index >= 15 is 0 Å². The van der Waals surface area contributed by atoms with Crippen LogP contribution in [0.5, 0.6) is 0 Å². The molecule has 3 aromatic carbocycles. The lowest BCUT2D eigenvalue weighted by molar-refractivity contribution is -0.129. The molecular weight excluding hydrogens is 1360 g/mol. The normalized spacial score (nSPS) is 18.3. The summed E-state index contributed by atoms with van der Waals surface area (Å²) in [5.41, 5.74) is 9.29. The second kappa shape index (κ2) is 31.4. The highest BCUT2D eigenvalue weighted by atomic mass is 19.1. The maximum Gasteiger partial charge on any atom is 0.410 e. The molecule has 0 bridgehead atoms. The number of anilines is 3. The Morgan fingerprint density at radius 1 is 0.421 bits per heavy atom. The number of carbonyl (C=O) groups is 7. The lowest BCUT2D eigenvalue weighted by Gasteiger charge is -2.46. The Bertz CT molecular complexity index is 4260. The summed E-state index contributed by atoms with van der Waals surface area (Å²) in [5, 5.41) is 0. The second-order valence-electron chi connectivity index (χ2n) is 31.5. The fraction of sp³-hybridized carbons (Fsp3) is 0.542. The number of carbonyl (C=O) groups excluding carboxylic acids is 7. The van der Waals surface area contributed by atoms with Crippen LogP contribution in [-0.4, -0.2) is 143 Å². The van der Waals surface area contributed by atoms with Gasteiger partial charge in [0.05, 0.1) is 61.6 Å². The van der Waals surface area contributed by atoms with E-state index in [9.17, 15) is 42.3 Å². The molecule has 6 aromatic rings. The molecule has 0 unspecified atom stereocenters. The van der Waals surface area contributed by atoms with E-state index in [1.807, 2.05) is 165 Å². The molecule has 0 atom stereocenters. The van der Waals surface area contributed by atoms with Crippen LogP contribution in [0.4, 0.5) is 40.2 Å². The van der Waals surface area contributed by atoms with E-state index in [0.717, 1.165) is 151 Å². The van der Waals surface area contributed by atoms with Gasteiger partial charge in [0.15, 0.2) is 5.78 Å². The summed E-state index contributed by atoms with van der Waals surface area (Å²) >= 11 is 0. The Morgan fingerprint density at radius 2 is 0.710 bits per heavy atom. The third kappa shape index (κ3) is 14.7. The van der Waals surface area contributed by atoms with Crippen molar-refractivity contribution in [2.24, 2.45) is 17.8 Å². The summed E-state index contributed by atoms with van der Waals surface area (Å²) in [7, 11) is 0. The molecule has 3 fully saturated rings. The van der Waals surface area contributed by atoms with Crippen LogP contribution in [0.25, 0.3) is 12.4 Å². The zero-order valence-corrected chi connectivity index (χ0v) is 62.8. The van der Waals surface area contributed by atoms with Crippen LogP contribution in [0, 0.1) is 17.8 Å². The van der Waals surface area contributed by atoms with Gasteiger partial charge < -0.3 is 57.3 Å². The van der Waals surface area contributed by atoms with Gasteiger partial charge >= 0.3 is 18.3 Å². The van der Waals surface area contributed by atoms with E-state index in [0.29, 0.717) is 37.8 Å². The number of imidazole rings is 3. The van der Waals surface area contributed by atoms with E-state index in [-0.39, 0.29) is 131 Å². The molecule has 3 spiro atoms. The summed E-state index contributed by atoms with van der Waals surface area (Å²) in [6.07, 6.45) is 13.0. The maximum absolute atomic E-state index is 14.7. The number of hydrogen-bond acceptors (Lipinski definition) is 13. The molecule has 15 rings (SSSR count). The molecule has 6 aliphatic heterocycles. The molecule has 6 amide bonds. The Hall–Kier alpha value is -9.48. The van der Waals surface area contributed by atoms with Crippen molar-refractivity contribution in [2.75, 3.05) is 54.0 Å². The van der Waals surface area contributed by atoms with Crippen LogP contribution in [0.1, 0.15) is 205 Å². The molecule has 24 heteroatoms. The highest BCUT2D eigenvalue weighted by Gasteiger charge is 2.62. The summed E-state index contributed by atoms with van der Waals surface area (Å²) < 4.78 is 51.3. The standard InChI is InChI=1S/2C27H33FN4O3.C27H34N4O4.2CH4/c2*1-17(2)20(28)13-31-23-12-8-6-10-21(23)29-24(31)14-32-22-11-7-5-9-19(22)27(25(32)33)15-30(16-27)26(34)35-18(3)4;1-17(2)23(32)13-30-22-12-8-6-10-20(22)28-24(30)14-31-21-11-7-5-9-19(21)27(25(31)33)15-29(16-27)26(34)35-18(3)4;;/h2*5,7,9,11,13,17-18H,6,8,10,12,14-16H2,1-4H3;5,7,9,11,17-18H,6,8,10,12-16H2,1-4H3;2*1H4/b2*20-13-;;;. The lowest BCUT2D eigenvalue weighted by atomic mass is 9.75. The third-order valence-corrected chi connectivity index (χ3v) is 21.9. The first-order valence-electron chi connectivity index (χ1n) is 37.8. The van der Waals surface area contributed by atoms with Crippen molar-refractivity contribution in [1.82, 2.24) is 43.4 Å². The van der Waals surface area contributed by atoms with Crippen molar-refractivity contribution in [3.8, 4) is 0 Å². The van der Waals surface area contributed by atoms with Gasteiger partial charge in [0.2, 0.25) is 17.7 Å². The number of Topliss-reactive ketones (excluding diaryl/α,β-unsaturated/α-hetero) is 1. The number of halogens is 2. The Morgan fingerprint density at radius 3 is 1.03 bits per heavy atom. The zero-order chi connectivity index (χ0) is 74.7. The number of nitrogens with zero attached hydrogens (tertiary/aromatic N) is 12. The first kappa shape index (κ1) is 78.6. The van der Waals surface area contributed by atoms with Gasteiger partial charge in [-0.2, -0.15) is 0 Å². The fourth-order valence-corrected chi connectivity index (χ4v) is 16.2. The number of amides is 6. The molecule has 3 aliphatic carbocycles. The summed E-state index contributed by atoms with van der Waals surface area (Å²) in [5.74, 6) is 1.22. The summed E-state index contributed by atoms with van der Waals surface area (Å²) in [6, 6.07) is 23.3. The number of likely N-dealkylation sites (tertiary alicyclic amines) is 3. The minimum atomic E-state index is -0.775. The average Bonchev–Trinajstić information content (AvgIpc) is 1.40. The Labute approximate surface area is 628 Å². The number of fused-ring (bicyclic) bond motifs is 9. The third-order valence-electron chi connectivity index (χ3n) is 21.9. The number of aryl methyl sites for hydroxylation is 3. The predicted octanol–water partition coefficient (Wildman–Crippen LogP) is 14.6. The topological polar surface area (TPSA) is 220 Å². The second-order valence-corrected chi connectivity index (χ2v) is 31.5. The first-order valence-corrected chi connectivity index (χ1v) is 37.8. The number of allylic oxidation sites excluding steroid dienone is 2. The molecule has 0 N–H and O–H groups in total. The van der Waals surface area contributed by atoms with Crippen LogP contribution in [0.2, 0.25) is 0 Å². The molecule has 0 radical (unpaired) electrons. The zero-order valence-electron chi connectivity index (χ0n) is 62.8. The van der Waals surface area contributed by atoms with Crippen LogP contribution in [0.15, 0.2) is 84.5 Å². The average molecular weight is 1470 g/mol. The molecule has 9 aliphatic rings. The van der Waals surface area contributed by atoms with Gasteiger partial charge in [-0.1, -0.05) is 111 Å². The SMILES string of the molecule is C.C.CC(C)OC(=O)N1CC2(C1)C(=O)N(Cc1nc3c(n1/C=C(\F)C(C)C)CCCC3)c1ccccc12.CC(C)OC(=O)N1CC2(C1)C(=O)N(Cc1nc3c(n1/C=C(\F)C(C)C)CCCC3)c1ccccc12.CC(C)OC(=O)N1CC2(C1)C(=O)N(Cc1nc3c(n1CC(=O)C(C)C)CCCC3)c1ccccc12. The van der Waals surface area contributed by atoms with Gasteiger partial charge in [0, 0.05) is 104 Å². The quantitative estimate of drug-likeness (QED) is 0.0824. The van der Waals surface area contributed by atoms with Crippen LogP contribution >= 0.6 is 0 Å². The number of ketones is 1. The van der Waals surface area contributed by atoms with Gasteiger partial charge in [0.1, 0.15) is 45.4 Å². The number of benzene rings is 3. The summed E-state index contributed by atoms with van der Waals surface area (Å²) in [6.45, 7) is 24.9. The van der Waals surface area contributed by atoms with E-state index in [4.69, 9.17) is 29.2 Å². The van der Waals surface area contributed by atoms with Crippen LogP contribution in [-0.2, 0) is 114 Å². The van der Waals surface area contributed by atoms with Crippen molar-refractivity contribution in [3.05, 3.63) is 153 Å². The van der Waals surface area contributed by atoms with Crippen LogP contribution < -0.4 is 14.7 Å². The molecule has 9 heterocycles. The lowest BCUT2D eigenvalue weighted by Crippen LogP contribution is -2.65. The van der Waals surface area contributed by atoms with E-state index in [1.165, 1.54) is 0 Å². The number of para-hydroxylation sites is 3. The highest BCUT2D eigenvalue weighted by Crippen LogP contribution is 2.51. The predicted molar refractivity (Wildman–Crippen MR) is 408 cm³/mol. The van der Waals surface area contributed by atoms with Crippen molar-refractivity contribution in [2.45, 2.75) is 236 Å². The Balaban J connectivity index is 0.000000158. The smallest absolute Gasteiger partial charge is 0.410 e. The molecule has 22 nitrogen and oxygen atoms in total. The van der Waals surface area contributed by atoms with Gasteiger partial charge in [-0.25, -0.2) is 38.1 Å². The highest BCUT2D eigenvalue weighted by molar-refractivity contribution is 6.12. The van der Waals surface area contributed by atoms with Crippen molar-refractivity contribution in [3.63, 3.8) is 0 Å². The van der Waals surface area contributed by atoms with Gasteiger partial charge in [-0.3, -0.25) is 19.2 Å². The fourth-order valence-electron chi connectivity index (χ4n) is 16.2. The van der Waals surface area contributed by atoms with Crippen molar-refractivity contribution >= 4 is 71.2 Å². The number of ether oxygens (including phenoxy) is 3. The van der Waals surface area contributed by atoms with Gasteiger partial charge in [0.25, 0.3) is 0 Å². The minimum absolute atomic E-state index is 0. The van der Waals surface area contributed by atoms with Crippen molar-refractivity contribution < 1.29 is 56.6 Å². The van der Waals surface area contributed by atoms with E-state index in [2.05, 4.69) is 4.57 Å². The summed E-state index contributed by atoms with van der Waals surface area (Å²) in [4.78, 5) is 116. The van der Waals surface area contributed by atoms with E-state index < -0.39 is 28.4 Å². The Kier molecular flexibility index (Phi) is 23.0. The van der Waals surface area contributed by atoms with E-state index in [1.54, 1.807) is 41.8 Å². The molecule has 107 heavy (non-hydrogen) atoms. The molecule has 3 aromatic heterocycles. The van der Waals surface area contributed by atoms with Gasteiger partial charge in [-0.05, 0) is 153 Å². The molecule has 0 saturated carbocycles. The van der Waals surface area contributed by atoms with Crippen LogP contribution in [0.3, 0.4) is 0 Å². The maximum atomic E-state index is 14.7. The minimum Gasteiger partial charge on any atom is -0.447 e.